The van der Waals surface area contributed by atoms with Crippen LogP contribution in [0, 0.1) is 5.92 Å². The van der Waals surface area contributed by atoms with Gasteiger partial charge in [0, 0.05) is 6.04 Å². The lowest BCUT2D eigenvalue weighted by atomic mass is 9.93. The molecular weight excluding hydrogens is 218 g/mol. The molecule has 2 aliphatic rings. The Labute approximate surface area is 111 Å². The van der Waals surface area contributed by atoms with Crippen LogP contribution in [0.25, 0.3) is 0 Å². The van der Waals surface area contributed by atoms with Gasteiger partial charge < -0.3 is 5.32 Å². The molecule has 0 aliphatic heterocycles. The molecular formula is C17H25N. The second-order valence-electron chi connectivity index (χ2n) is 6.02. The summed E-state index contributed by atoms with van der Waals surface area (Å²) in [6, 6.07) is 8.02. The quantitative estimate of drug-likeness (QED) is 0.853. The standard InChI is InChI=1S/C17H25N/c1-2-18-17-8-4-7-16(17)12-13-9-10-14-5-3-6-15(14)11-13/h9-11,16-18H,2-8,12H2,1H3. The molecule has 1 saturated carbocycles. The highest BCUT2D eigenvalue weighted by atomic mass is 14.9. The van der Waals surface area contributed by atoms with E-state index >= 15 is 0 Å². The van der Waals surface area contributed by atoms with E-state index in [0.29, 0.717) is 0 Å². The topological polar surface area (TPSA) is 12.0 Å². The SMILES string of the molecule is CCNC1CCCC1Cc1ccc2c(c1)CCC2. The van der Waals surface area contributed by atoms with Crippen LogP contribution >= 0.6 is 0 Å². The average Bonchev–Trinajstić information content (AvgIpc) is 2.99. The Morgan fingerprint density at radius 1 is 1.11 bits per heavy atom. The lowest BCUT2D eigenvalue weighted by Crippen LogP contribution is -2.33. The van der Waals surface area contributed by atoms with Crippen molar-refractivity contribution in [3.8, 4) is 0 Å². The van der Waals surface area contributed by atoms with E-state index in [1.165, 1.54) is 44.9 Å². The Bertz CT molecular complexity index is 410. The molecule has 0 saturated heterocycles. The molecule has 0 spiro atoms. The molecule has 0 amide bonds. The molecule has 1 aromatic rings. The zero-order chi connectivity index (χ0) is 12.4. The van der Waals surface area contributed by atoms with Crippen LogP contribution in [-0.4, -0.2) is 12.6 Å². The minimum atomic E-state index is 0.767. The minimum absolute atomic E-state index is 0.767. The normalized spacial score (nSPS) is 26.5. The van der Waals surface area contributed by atoms with Gasteiger partial charge in [-0.25, -0.2) is 0 Å². The second kappa shape index (κ2) is 5.44. The fraction of sp³-hybridized carbons (Fsp3) is 0.647. The molecule has 2 unspecified atom stereocenters. The van der Waals surface area contributed by atoms with Crippen molar-refractivity contribution in [3.05, 3.63) is 34.9 Å². The third-order valence-corrected chi connectivity index (χ3v) is 4.79. The molecule has 3 rings (SSSR count). The number of aryl methyl sites for hydroxylation is 2. The van der Waals surface area contributed by atoms with E-state index in [1.807, 2.05) is 0 Å². The van der Waals surface area contributed by atoms with E-state index < -0.39 is 0 Å². The Morgan fingerprint density at radius 2 is 2.00 bits per heavy atom. The van der Waals surface area contributed by atoms with Crippen LogP contribution in [0.15, 0.2) is 18.2 Å². The van der Waals surface area contributed by atoms with Gasteiger partial charge >= 0.3 is 0 Å². The molecule has 1 aromatic carbocycles. The Morgan fingerprint density at radius 3 is 2.89 bits per heavy atom. The van der Waals surface area contributed by atoms with Crippen molar-refractivity contribution in [1.29, 1.82) is 0 Å². The van der Waals surface area contributed by atoms with Crippen molar-refractivity contribution >= 4 is 0 Å². The van der Waals surface area contributed by atoms with Crippen molar-refractivity contribution in [2.45, 2.75) is 57.9 Å². The summed E-state index contributed by atoms with van der Waals surface area (Å²) in [7, 11) is 0. The van der Waals surface area contributed by atoms with Crippen LogP contribution in [0.4, 0.5) is 0 Å². The average molecular weight is 243 g/mol. The maximum atomic E-state index is 3.67. The van der Waals surface area contributed by atoms with Gasteiger partial charge in [-0.15, -0.1) is 0 Å². The number of benzene rings is 1. The molecule has 1 fully saturated rings. The number of hydrogen-bond donors (Lipinski definition) is 1. The molecule has 1 nitrogen and oxygen atoms in total. The smallest absolute Gasteiger partial charge is 0.00983 e. The number of nitrogens with one attached hydrogen (secondary N) is 1. The molecule has 1 N–H and O–H groups in total. The molecule has 2 aliphatic carbocycles. The molecule has 2 atom stereocenters. The van der Waals surface area contributed by atoms with Gasteiger partial charge in [0.2, 0.25) is 0 Å². The molecule has 18 heavy (non-hydrogen) atoms. The predicted octanol–water partition coefficient (Wildman–Crippen LogP) is 3.50. The first-order valence-corrected chi connectivity index (χ1v) is 7.71. The number of fused-ring (bicyclic) bond motifs is 1. The van der Waals surface area contributed by atoms with Crippen LogP contribution in [0.2, 0.25) is 0 Å². The van der Waals surface area contributed by atoms with Crippen LogP contribution in [-0.2, 0) is 19.3 Å². The second-order valence-corrected chi connectivity index (χ2v) is 6.02. The van der Waals surface area contributed by atoms with E-state index in [1.54, 1.807) is 16.7 Å². The van der Waals surface area contributed by atoms with Crippen LogP contribution in [0.1, 0.15) is 49.3 Å². The number of rotatable bonds is 4. The molecule has 0 heterocycles. The van der Waals surface area contributed by atoms with Crippen molar-refractivity contribution in [2.75, 3.05) is 6.54 Å². The summed E-state index contributed by atoms with van der Waals surface area (Å²) in [5.74, 6) is 0.865. The third-order valence-electron chi connectivity index (χ3n) is 4.79. The van der Waals surface area contributed by atoms with Crippen LogP contribution in [0.3, 0.4) is 0 Å². The van der Waals surface area contributed by atoms with Gasteiger partial charge in [0.1, 0.15) is 0 Å². The first-order valence-electron chi connectivity index (χ1n) is 7.71. The maximum Gasteiger partial charge on any atom is 0.00983 e. The van der Waals surface area contributed by atoms with Crippen LogP contribution in [0.5, 0.6) is 0 Å². The van der Waals surface area contributed by atoms with Gasteiger partial charge in [-0.2, -0.15) is 0 Å². The van der Waals surface area contributed by atoms with Gasteiger partial charge in [-0.3, -0.25) is 0 Å². The monoisotopic (exact) mass is 243 g/mol. The third kappa shape index (κ3) is 2.47. The summed E-state index contributed by atoms with van der Waals surface area (Å²) in [6.07, 6.45) is 9.46. The first-order chi connectivity index (χ1) is 8.86. The summed E-state index contributed by atoms with van der Waals surface area (Å²) in [6.45, 7) is 3.34. The van der Waals surface area contributed by atoms with E-state index in [2.05, 4.69) is 30.4 Å². The van der Waals surface area contributed by atoms with Gasteiger partial charge in [-0.05, 0) is 67.7 Å². The summed E-state index contributed by atoms with van der Waals surface area (Å²) in [5.41, 5.74) is 4.81. The van der Waals surface area contributed by atoms with Crippen molar-refractivity contribution < 1.29 is 0 Å². The highest BCUT2D eigenvalue weighted by Gasteiger charge is 2.26. The van der Waals surface area contributed by atoms with E-state index in [9.17, 15) is 0 Å². The zero-order valence-electron chi connectivity index (χ0n) is 11.5. The summed E-state index contributed by atoms with van der Waals surface area (Å²) >= 11 is 0. The summed E-state index contributed by atoms with van der Waals surface area (Å²) < 4.78 is 0. The molecule has 0 radical (unpaired) electrons. The zero-order valence-corrected chi connectivity index (χ0v) is 11.5. The lowest BCUT2D eigenvalue weighted by Gasteiger charge is -2.20. The molecule has 98 valence electrons. The van der Waals surface area contributed by atoms with E-state index in [0.717, 1.165) is 18.5 Å². The molecule has 1 heteroatoms. The predicted molar refractivity (Wildman–Crippen MR) is 77.0 cm³/mol. The van der Waals surface area contributed by atoms with Crippen LogP contribution < -0.4 is 5.32 Å². The van der Waals surface area contributed by atoms with Crippen molar-refractivity contribution in [3.63, 3.8) is 0 Å². The Balaban J connectivity index is 1.68. The van der Waals surface area contributed by atoms with E-state index in [4.69, 9.17) is 0 Å². The Kier molecular flexibility index (Phi) is 3.69. The van der Waals surface area contributed by atoms with Crippen molar-refractivity contribution in [1.82, 2.24) is 5.32 Å². The molecule has 0 aromatic heterocycles. The van der Waals surface area contributed by atoms with Crippen molar-refractivity contribution in [2.24, 2.45) is 5.92 Å². The Hall–Kier alpha value is -0.820. The fourth-order valence-corrected chi connectivity index (χ4v) is 3.87. The maximum absolute atomic E-state index is 3.67. The molecule has 0 bridgehead atoms. The summed E-state index contributed by atoms with van der Waals surface area (Å²) in [4.78, 5) is 0. The van der Waals surface area contributed by atoms with Gasteiger partial charge in [0.25, 0.3) is 0 Å². The van der Waals surface area contributed by atoms with Gasteiger partial charge in [0.15, 0.2) is 0 Å². The first kappa shape index (κ1) is 12.2. The number of hydrogen-bond acceptors (Lipinski definition) is 1. The van der Waals surface area contributed by atoms with Gasteiger partial charge in [0.05, 0.1) is 0 Å². The summed E-state index contributed by atoms with van der Waals surface area (Å²) in [5, 5.41) is 3.67. The minimum Gasteiger partial charge on any atom is -0.314 e. The van der Waals surface area contributed by atoms with E-state index in [-0.39, 0.29) is 0 Å². The fourth-order valence-electron chi connectivity index (χ4n) is 3.87. The highest BCUT2D eigenvalue weighted by Crippen LogP contribution is 2.30. The highest BCUT2D eigenvalue weighted by molar-refractivity contribution is 5.35. The van der Waals surface area contributed by atoms with Gasteiger partial charge in [-0.1, -0.05) is 31.5 Å². The largest absolute Gasteiger partial charge is 0.314 e. The lowest BCUT2D eigenvalue weighted by molar-refractivity contribution is 0.406.